The van der Waals surface area contributed by atoms with Crippen molar-refractivity contribution in [1.82, 2.24) is 0 Å². The second-order valence-electron chi connectivity index (χ2n) is 7.23. The second kappa shape index (κ2) is 10.0. The van der Waals surface area contributed by atoms with Crippen LogP contribution in [0.1, 0.15) is 47.5 Å². The molecule has 0 bridgehead atoms. The van der Waals surface area contributed by atoms with Crippen molar-refractivity contribution in [2.75, 3.05) is 13.7 Å². The summed E-state index contributed by atoms with van der Waals surface area (Å²) in [4.78, 5) is 12.2. The number of hydrogen-bond donors (Lipinski definition) is 0. The highest BCUT2D eigenvalue weighted by Gasteiger charge is 2.21. The first-order valence-electron chi connectivity index (χ1n) is 9.55. The van der Waals surface area contributed by atoms with Crippen LogP contribution in [0.15, 0.2) is 50.7 Å². The largest absolute Gasteiger partial charge is 0.489 e. The molecule has 1 aromatic heterocycles. The van der Waals surface area contributed by atoms with E-state index in [2.05, 4.69) is 32.9 Å². The van der Waals surface area contributed by atoms with Gasteiger partial charge in [0, 0.05) is 0 Å². The Labute approximate surface area is 166 Å². The molecule has 0 amide bonds. The molecule has 2 aromatic rings. The average Bonchev–Trinajstić information content (AvgIpc) is 2.61. The molecule has 5 heteroatoms. The van der Waals surface area contributed by atoms with Gasteiger partial charge in [-0.15, -0.1) is 0 Å². The van der Waals surface area contributed by atoms with E-state index in [1.54, 1.807) is 12.1 Å². The molecule has 0 radical (unpaired) electrons. The topological polar surface area (TPSA) is 57.9 Å². The van der Waals surface area contributed by atoms with Crippen LogP contribution in [-0.4, -0.2) is 19.8 Å². The fraction of sp³-hybridized carbons (Fsp3) is 0.435. The highest BCUT2D eigenvalue weighted by atomic mass is 16.5. The van der Waals surface area contributed by atoms with E-state index in [9.17, 15) is 4.79 Å². The second-order valence-corrected chi connectivity index (χ2v) is 7.23. The fourth-order valence-corrected chi connectivity index (χ4v) is 2.78. The molecule has 0 spiro atoms. The molecule has 0 N–H and O–H groups in total. The Bertz CT molecular complexity index is 914. The molecular weight excluding hydrogens is 356 g/mol. The molecule has 2 rings (SSSR count). The van der Waals surface area contributed by atoms with Crippen LogP contribution in [0.3, 0.4) is 0 Å². The molecule has 1 heterocycles. The van der Waals surface area contributed by atoms with Crippen LogP contribution in [0.25, 0.3) is 11.0 Å². The van der Waals surface area contributed by atoms with Crippen molar-refractivity contribution in [3.63, 3.8) is 0 Å². The minimum absolute atomic E-state index is 0.0469. The maximum atomic E-state index is 12.2. The number of methoxy groups -OCH3 is 1. The van der Waals surface area contributed by atoms with Crippen molar-refractivity contribution < 1.29 is 18.6 Å². The van der Waals surface area contributed by atoms with E-state index >= 15 is 0 Å². The van der Waals surface area contributed by atoms with Crippen molar-refractivity contribution in [2.45, 2.75) is 53.6 Å². The Balaban J connectivity index is 2.32. The van der Waals surface area contributed by atoms with Gasteiger partial charge in [-0.05, 0) is 65.7 Å². The van der Waals surface area contributed by atoms with Crippen LogP contribution in [-0.2, 0) is 0 Å². The van der Waals surface area contributed by atoms with Crippen LogP contribution in [0.5, 0.6) is 17.2 Å². The summed E-state index contributed by atoms with van der Waals surface area (Å²) in [6.45, 7) is 10.5. The number of ether oxygens (including phenoxy) is 3. The lowest BCUT2D eigenvalue weighted by Gasteiger charge is -2.16. The summed E-state index contributed by atoms with van der Waals surface area (Å²) in [6.07, 6.45) is 6.18. The number of benzene rings is 1. The monoisotopic (exact) mass is 386 g/mol. The first-order valence-corrected chi connectivity index (χ1v) is 9.55. The van der Waals surface area contributed by atoms with Crippen LogP contribution >= 0.6 is 0 Å². The molecule has 0 unspecified atom stereocenters. The number of allylic oxidation sites excluding steroid dienone is 3. The lowest BCUT2D eigenvalue weighted by Crippen LogP contribution is -2.12. The molecule has 28 heavy (non-hydrogen) atoms. The minimum atomic E-state index is -0.571. The molecule has 0 aliphatic rings. The Hall–Kier alpha value is -2.69. The zero-order valence-electron chi connectivity index (χ0n) is 17.6. The summed E-state index contributed by atoms with van der Waals surface area (Å²) in [5.74, 6) is 0.984. The van der Waals surface area contributed by atoms with E-state index in [-0.39, 0.29) is 11.9 Å². The van der Waals surface area contributed by atoms with E-state index in [4.69, 9.17) is 18.6 Å². The molecule has 0 atom stereocenters. The number of hydrogen-bond acceptors (Lipinski definition) is 5. The smallest absolute Gasteiger partial charge is 0.383 e. The third kappa shape index (κ3) is 5.65. The van der Waals surface area contributed by atoms with Crippen molar-refractivity contribution >= 4 is 11.0 Å². The molecule has 152 valence electrons. The van der Waals surface area contributed by atoms with Gasteiger partial charge in [0.05, 0.1) is 13.2 Å². The Morgan fingerprint density at radius 1 is 1.14 bits per heavy atom. The normalized spacial score (nSPS) is 11.6. The third-order valence-corrected chi connectivity index (χ3v) is 4.13. The quantitative estimate of drug-likeness (QED) is 0.411. The van der Waals surface area contributed by atoms with Crippen LogP contribution in [0.2, 0.25) is 0 Å². The van der Waals surface area contributed by atoms with Gasteiger partial charge in [-0.25, -0.2) is 4.79 Å². The molecule has 0 saturated carbocycles. The highest BCUT2D eigenvalue weighted by molar-refractivity contribution is 5.91. The minimum Gasteiger partial charge on any atom is -0.489 e. The van der Waals surface area contributed by atoms with Crippen LogP contribution in [0, 0.1) is 0 Å². The maximum Gasteiger partial charge on any atom is 0.383 e. The lowest BCUT2D eigenvalue weighted by molar-refractivity contribution is 0.228. The number of fused-ring (bicyclic) bond motifs is 1. The van der Waals surface area contributed by atoms with Gasteiger partial charge in [0.15, 0.2) is 5.75 Å². The van der Waals surface area contributed by atoms with Gasteiger partial charge in [-0.3, -0.25) is 0 Å². The molecule has 0 aliphatic carbocycles. The molecule has 0 saturated heterocycles. The lowest BCUT2D eigenvalue weighted by atomic mass is 10.1. The van der Waals surface area contributed by atoms with E-state index in [1.807, 2.05) is 19.9 Å². The van der Waals surface area contributed by atoms with Gasteiger partial charge in [-0.2, -0.15) is 0 Å². The van der Waals surface area contributed by atoms with Gasteiger partial charge in [-0.1, -0.05) is 23.3 Å². The average molecular weight is 386 g/mol. The molecule has 5 nitrogen and oxygen atoms in total. The van der Waals surface area contributed by atoms with Gasteiger partial charge in [0.25, 0.3) is 0 Å². The van der Waals surface area contributed by atoms with Crippen molar-refractivity contribution in [1.29, 1.82) is 0 Å². The standard InChI is InChI=1S/C23H30O5/c1-15(2)9-7-10-17(5)13-14-26-18-11-8-12-19-20(18)21(27-16(3)4)22(25-6)23(24)28-19/h8-9,11-13,16H,7,10,14H2,1-6H3/b17-13+. The van der Waals surface area contributed by atoms with E-state index in [1.165, 1.54) is 18.3 Å². The summed E-state index contributed by atoms with van der Waals surface area (Å²) in [5.41, 5.74) is 2.43. The molecule has 0 fully saturated rings. The zero-order valence-corrected chi connectivity index (χ0v) is 17.6. The Kier molecular flexibility index (Phi) is 7.73. The predicted octanol–water partition coefficient (Wildman–Crippen LogP) is 5.66. The SMILES string of the molecule is COc1c(OC(C)C)c2c(OC/C=C(\C)CCC=C(C)C)cccc2oc1=O. The summed E-state index contributed by atoms with van der Waals surface area (Å²) < 4.78 is 22.5. The molecule has 0 aliphatic heterocycles. The van der Waals surface area contributed by atoms with Gasteiger partial charge in [0.2, 0.25) is 5.75 Å². The number of rotatable bonds is 9. The zero-order chi connectivity index (χ0) is 20.7. The van der Waals surface area contributed by atoms with E-state index in [0.717, 1.165) is 12.8 Å². The van der Waals surface area contributed by atoms with Gasteiger partial charge >= 0.3 is 5.63 Å². The van der Waals surface area contributed by atoms with E-state index in [0.29, 0.717) is 29.1 Å². The summed E-state index contributed by atoms with van der Waals surface area (Å²) in [7, 11) is 1.42. The maximum absolute atomic E-state index is 12.2. The Morgan fingerprint density at radius 2 is 1.89 bits per heavy atom. The Morgan fingerprint density at radius 3 is 2.54 bits per heavy atom. The van der Waals surface area contributed by atoms with Gasteiger partial charge < -0.3 is 18.6 Å². The highest BCUT2D eigenvalue weighted by Crippen LogP contribution is 2.39. The van der Waals surface area contributed by atoms with E-state index < -0.39 is 5.63 Å². The van der Waals surface area contributed by atoms with Crippen LogP contribution in [0.4, 0.5) is 0 Å². The van der Waals surface area contributed by atoms with Crippen molar-refractivity contribution in [3.05, 3.63) is 51.9 Å². The van der Waals surface area contributed by atoms with Crippen molar-refractivity contribution in [3.8, 4) is 17.2 Å². The summed E-state index contributed by atoms with van der Waals surface area (Å²) >= 11 is 0. The summed E-state index contributed by atoms with van der Waals surface area (Å²) in [6, 6.07) is 5.34. The molecule has 1 aromatic carbocycles. The first-order chi connectivity index (χ1) is 13.3. The van der Waals surface area contributed by atoms with Gasteiger partial charge in [0.1, 0.15) is 23.3 Å². The third-order valence-electron chi connectivity index (χ3n) is 4.13. The fourth-order valence-electron chi connectivity index (χ4n) is 2.78. The first kappa shape index (κ1) is 21.6. The molecular formula is C23H30O5. The van der Waals surface area contributed by atoms with Crippen molar-refractivity contribution in [2.24, 2.45) is 0 Å². The van der Waals surface area contributed by atoms with Crippen LogP contribution < -0.4 is 19.8 Å². The predicted molar refractivity (Wildman–Crippen MR) is 113 cm³/mol. The summed E-state index contributed by atoms with van der Waals surface area (Å²) in [5, 5.41) is 0.600.